The van der Waals surface area contributed by atoms with Gasteiger partial charge in [-0.2, -0.15) is 9.38 Å². The summed E-state index contributed by atoms with van der Waals surface area (Å²) in [5, 5.41) is 2.77. The van der Waals surface area contributed by atoms with Gasteiger partial charge in [0.2, 0.25) is 0 Å². The van der Waals surface area contributed by atoms with Gasteiger partial charge in [-0.15, -0.1) is 0 Å². The zero-order valence-corrected chi connectivity index (χ0v) is 3.30. The van der Waals surface area contributed by atoms with E-state index >= 15 is 0 Å². The second-order valence-corrected chi connectivity index (χ2v) is 0.888. The lowest BCUT2D eigenvalue weighted by molar-refractivity contribution is -0.252. The van der Waals surface area contributed by atoms with Crippen LogP contribution in [0.25, 0.3) is 0 Å². The van der Waals surface area contributed by atoms with Crippen molar-refractivity contribution in [3.05, 3.63) is 12.3 Å². The lowest BCUT2D eigenvalue weighted by Crippen LogP contribution is -1.91. The summed E-state index contributed by atoms with van der Waals surface area (Å²) in [6.45, 7) is 0. The summed E-state index contributed by atoms with van der Waals surface area (Å²) in [6.07, 6.45) is 2.10. The monoisotopic (exact) mass is 103 g/mol. The van der Waals surface area contributed by atoms with E-state index in [1.54, 1.807) is 0 Å². The lowest BCUT2D eigenvalue weighted by atomic mass is 10.7. The van der Waals surface area contributed by atoms with Crippen LogP contribution in [0.5, 0.6) is 0 Å². The van der Waals surface area contributed by atoms with E-state index in [0.717, 1.165) is 12.3 Å². The highest BCUT2D eigenvalue weighted by Gasteiger charge is 1.94. The van der Waals surface area contributed by atoms with Crippen molar-refractivity contribution in [3.63, 3.8) is 0 Å². The largest absolute Gasteiger partial charge is 0.275 e. The third-order valence-corrected chi connectivity index (χ3v) is 0.429. The minimum atomic E-state index is -0.689. The summed E-state index contributed by atoms with van der Waals surface area (Å²) in [7, 11) is 0. The smallest absolute Gasteiger partial charge is 0.258 e. The SMILES string of the molecule is FC1=NOOC=C1. The zero-order chi connectivity index (χ0) is 5.11. The minimum Gasteiger partial charge on any atom is -0.275 e. The first-order valence-corrected chi connectivity index (χ1v) is 1.62. The fourth-order valence-electron chi connectivity index (χ4n) is 0.196. The van der Waals surface area contributed by atoms with Crippen LogP contribution in [0.2, 0.25) is 0 Å². The predicted octanol–water partition coefficient (Wildman–Crippen LogP) is 0.745. The maximum Gasteiger partial charge on any atom is 0.258 e. The summed E-state index contributed by atoms with van der Waals surface area (Å²) in [6, 6.07) is 0. The Hall–Kier alpha value is -1.06. The van der Waals surface area contributed by atoms with Gasteiger partial charge >= 0.3 is 0 Å². The van der Waals surface area contributed by atoms with Crippen LogP contribution in [0.1, 0.15) is 0 Å². The van der Waals surface area contributed by atoms with E-state index < -0.39 is 5.97 Å². The van der Waals surface area contributed by atoms with E-state index in [-0.39, 0.29) is 0 Å². The maximum absolute atomic E-state index is 11.6. The Labute approximate surface area is 38.9 Å². The molecule has 4 heteroatoms. The molecular formula is C3H2FNO2. The van der Waals surface area contributed by atoms with Gasteiger partial charge in [0.25, 0.3) is 5.97 Å². The van der Waals surface area contributed by atoms with Crippen LogP contribution < -0.4 is 0 Å². The van der Waals surface area contributed by atoms with E-state index in [4.69, 9.17) is 0 Å². The number of allylic oxidation sites excluding steroid dienone is 1. The Morgan fingerprint density at radius 3 is 2.86 bits per heavy atom. The first kappa shape index (κ1) is 4.11. The molecule has 0 aliphatic carbocycles. The molecule has 0 aromatic carbocycles. The van der Waals surface area contributed by atoms with E-state index in [1.807, 2.05) is 0 Å². The highest BCUT2D eigenvalue weighted by molar-refractivity contribution is 5.85. The molecule has 0 bridgehead atoms. The molecule has 1 aliphatic rings. The van der Waals surface area contributed by atoms with Crippen LogP contribution in [0.3, 0.4) is 0 Å². The minimum absolute atomic E-state index is 0.689. The second-order valence-electron chi connectivity index (χ2n) is 0.888. The summed E-state index contributed by atoms with van der Waals surface area (Å²) < 4.78 is 11.6. The van der Waals surface area contributed by atoms with Crippen molar-refractivity contribution in [2.75, 3.05) is 0 Å². The molecule has 0 unspecified atom stereocenters. The Kier molecular flexibility index (Phi) is 0.934. The van der Waals surface area contributed by atoms with E-state index in [1.165, 1.54) is 0 Å². The van der Waals surface area contributed by atoms with Crippen molar-refractivity contribution in [2.45, 2.75) is 0 Å². The van der Waals surface area contributed by atoms with Crippen molar-refractivity contribution < 1.29 is 14.3 Å². The van der Waals surface area contributed by atoms with E-state index in [0.29, 0.717) is 0 Å². The van der Waals surface area contributed by atoms with Gasteiger partial charge in [-0.05, 0) is 5.16 Å². The molecule has 0 N–H and O–H groups in total. The molecule has 0 fully saturated rings. The average Bonchev–Trinajstić information content (AvgIpc) is 1.69. The van der Waals surface area contributed by atoms with Crippen LogP contribution in [-0.2, 0) is 9.88 Å². The Morgan fingerprint density at radius 2 is 2.57 bits per heavy atom. The number of oxime groups is 1. The highest BCUT2D eigenvalue weighted by Crippen LogP contribution is 1.94. The third-order valence-electron chi connectivity index (χ3n) is 0.429. The molecule has 3 nitrogen and oxygen atoms in total. The molecule has 0 saturated carbocycles. The molecule has 1 heterocycles. The molecule has 0 amide bonds. The average molecular weight is 103 g/mol. The lowest BCUT2D eigenvalue weighted by Gasteiger charge is -1.94. The van der Waals surface area contributed by atoms with Crippen LogP contribution in [0.15, 0.2) is 17.5 Å². The molecule has 1 aliphatic heterocycles. The van der Waals surface area contributed by atoms with E-state index in [2.05, 4.69) is 15.0 Å². The Balaban J connectivity index is 2.58. The topological polar surface area (TPSA) is 30.8 Å². The fourth-order valence-corrected chi connectivity index (χ4v) is 0.196. The van der Waals surface area contributed by atoms with Crippen molar-refractivity contribution in [2.24, 2.45) is 5.16 Å². The van der Waals surface area contributed by atoms with Crippen LogP contribution in [-0.4, -0.2) is 5.97 Å². The van der Waals surface area contributed by atoms with Gasteiger partial charge in [0.1, 0.15) is 6.26 Å². The summed E-state index contributed by atoms with van der Waals surface area (Å²) >= 11 is 0. The summed E-state index contributed by atoms with van der Waals surface area (Å²) in [5.41, 5.74) is 0. The van der Waals surface area contributed by atoms with Crippen LogP contribution >= 0.6 is 0 Å². The number of hydrogen-bond donors (Lipinski definition) is 0. The number of halogens is 1. The number of nitrogens with zero attached hydrogens (tertiary/aromatic N) is 1. The van der Waals surface area contributed by atoms with Gasteiger partial charge in [0.15, 0.2) is 0 Å². The third kappa shape index (κ3) is 0.887. The molecule has 0 atom stereocenters. The van der Waals surface area contributed by atoms with Crippen molar-refractivity contribution in [1.29, 1.82) is 0 Å². The normalized spacial score (nSPS) is 17.0. The van der Waals surface area contributed by atoms with Gasteiger partial charge in [0, 0.05) is 6.08 Å². The second kappa shape index (κ2) is 1.59. The molecule has 7 heavy (non-hydrogen) atoms. The molecule has 0 aromatic heterocycles. The molecule has 1 rings (SSSR count). The van der Waals surface area contributed by atoms with Crippen molar-refractivity contribution >= 4 is 5.97 Å². The molecule has 38 valence electrons. The fraction of sp³-hybridized carbons (Fsp3) is 0. The zero-order valence-electron chi connectivity index (χ0n) is 3.30. The van der Waals surface area contributed by atoms with Crippen LogP contribution in [0.4, 0.5) is 4.39 Å². The Bertz CT molecular complexity index is 120. The number of hydrogen-bond acceptors (Lipinski definition) is 3. The Morgan fingerprint density at radius 1 is 1.71 bits per heavy atom. The van der Waals surface area contributed by atoms with Crippen molar-refractivity contribution in [1.82, 2.24) is 0 Å². The standard InChI is InChI=1S/C3H2FNO2/c4-3-1-2-6-7-5-3/h1-2H. The first-order valence-electron chi connectivity index (χ1n) is 1.62. The molecular weight excluding hydrogens is 101 g/mol. The van der Waals surface area contributed by atoms with Gasteiger partial charge in [-0.3, -0.25) is 4.89 Å². The number of rotatable bonds is 0. The molecule has 0 spiro atoms. The van der Waals surface area contributed by atoms with Gasteiger partial charge < -0.3 is 0 Å². The molecule has 0 radical (unpaired) electrons. The quantitative estimate of drug-likeness (QED) is 0.423. The highest BCUT2D eigenvalue weighted by atomic mass is 19.1. The summed E-state index contributed by atoms with van der Waals surface area (Å²) in [4.78, 5) is 7.84. The van der Waals surface area contributed by atoms with Gasteiger partial charge in [-0.25, -0.2) is 0 Å². The first-order chi connectivity index (χ1) is 3.39. The predicted molar refractivity (Wildman–Crippen MR) is 19.9 cm³/mol. The van der Waals surface area contributed by atoms with Gasteiger partial charge in [-0.1, -0.05) is 0 Å². The van der Waals surface area contributed by atoms with E-state index in [9.17, 15) is 4.39 Å². The summed E-state index contributed by atoms with van der Waals surface area (Å²) in [5.74, 6) is -0.689. The van der Waals surface area contributed by atoms with Crippen LogP contribution in [0, 0.1) is 0 Å². The molecule has 0 aromatic rings. The van der Waals surface area contributed by atoms with Gasteiger partial charge in [0.05, 0.1) is 0 Å². The van der Waals surface area contributed by atoms with Crippen molar-refractivity contribution in [3.8, 4) is 0 Å². The molecule has 0 saturated heterocycles. The maximum atomic E-state index is 11.6.